The summed E-state index contributed by atoms with van der Waals surface area (Å²) in [4.78, 5) is 10.2. The zero-order valence-corrected chi connectivity index (χ0v) is 22.0. The number of hydrogen-bond acceptors (Lipinski definition) is 3. The highest BCUT2D eigenvalue weighted by atomic mass is 32.1. The fourth-order valence-corrected chi connectivity index (χ4v) is 6.48. The van der Waals surface area contributed by atoms with Crippen LogP contribution >= 0.6 is 11.3 Å². The maximum absolute atomic E-state index is 5.16. The smallest absolute Gasteiger partial charge is 0.162 e. The number of allylic oxidation sites excluding steroid dienone is 4. The van der Waals surface area contributed by atoms with E-state index in [2.05, 4.69) is 109 Å². The van der Waals surface area contributed by atoms with Gasteiger partial charge in [0.15, 0.2) is 5.82 Å². The second-order valence-corrected chi connectivity index (χ2v) is 10.4. The molecule has 7 aromatic rings. The SMILES string of the molecule is C/C=C\C(=C/C)c1cc(-n2c3ccccc3c3cc4sc5ccccc5c4cc32)nc(-c2ccccc2)n1. The molecule has 0 radical (unpaired) electrons. The Labute approximate surface area is 225 Å². The Bertz CT molecular complexity index is 2040. The van der Waals surface area contributed by atoms with Gasteiger partial charge in [-0.3, -0.25) is 4.57 Å². The number of aromatic nitrogens is 3. The predicted molar refractivity (Wildman–Crippen MR) is 163 cm³/mol. The molecule has 0 aliphatic rings. The molecule has 0 N–H and O–H groups in total. The minimum Gasteiger partial charge on any atom is -0.294 e. The van der Waals surface area contributed by atoms with Crippen molar-refractivity contribution in [2.45, 2.75) is 13.8 Å². The van der Waals surface area contributed by atoms with Crippen LogP contribution in [0.15, 0.2) is 115 Å². The van der Waals surface area contributed by atoms with Gasteiger partial charge in [-0.25, -0.2) is 9.97 Å². The second-order valence-electron chi connectivity index (χ2n) is 9.36. The van der Waals surface area contributed by atoms with Crippen LogP contribution in [0.1, 0.15) is 19.5 Å². The summed E-state index contributed by atoms with van der Waals surface area (Å²) in [6.45, 7) is 4.09. The Morgan fingerprint density at radius 1 is 0.684 bits per heavy atom. The van der Waals surface area contributed by atoms with Crippen LogP contribution in [-0.4, -0.2) is 14.5 Å². The summed E-state index contributed by atoms with van der Waals surface area (Å²) in [7, 11) is 0. The Kier molecular flexibility index (Phi) is 5.41. The lowest BCUT2D eigenvalue weighted by Gasteiger charge is -2.12. The summed E-state index contributed by atoms with van der Waals surface area (Å²) < 4.78 is 4.92. The van der Waals surface area contributed by atoms with Gasteiger partial charge in [0.1, 0.15) is 5.82 Å². The van der Waals surface area contributed by atoms with E-state index in [1.807, 2.05) is 36.5 Å². The lowest BCUT2D eigenvalue weighted by molar-refractivity contribution is 1.04. The van der Waals surface area contributed by atoms with Gasteiger partial charge in [-0.1, -0.05) is 85.0 Å². The van der Waals surface area contributed by atoms with Gasteiger partial charge in [-0.05, 0) is 43.7 Å². The standard InChI is InChI=1S/C34H25N3S/c1-3-12-22(4-2)28-21-33(36-34(35-28)23-13-6-5-7-14-23)37-29-17-10-8-15-24(29)26-20-32-27(19-30(26)37)25-16-9-11-18-31(25)38-32/h3-21H,1-2H3/b12-3-,22-4+. The first-order chi connectivity index (χ1) is 18.7. The molecule has 0 aliphatic carbocycles. The first kappa shape index (κ1) is 22.6. The Morgan fingerprint density at radius 3 is 2.26 bits per heavy atom. The van der Waals surface area contributed by atoms with Crippen molar-refractivity contribution in [3.63, 3.8) is 0 Å². The number of para-hydroxylation sites is 1. The average Bonchev–Trinajstić information content (AvgIpc) is 3.50. The maximum Gasteiger partial charge on any atom is 0.162 e. The van der Waals surface area contributed by atoms with Crippen LogP contribution in [0.2, 0.25) is 0 Å². The maximum atomic E-state index is 5.16. The summed E-state index contributed by atoms with van der Waals surface area (Å²) in [6.07, 6.45) is 6.26. The van der Waals surface area contributed by atoms with Crippen molar-refractivity contribution >= 4 is 58.9 Å². The number of fused-ring (bicyclic) bond motifs is 6. The van der Waals surface area contributed by atoms with E-state index in [4.69, 9.17) is 9.97 Å². The van der Waals surface area contributed by atoms with Gasteiger partial charge in [0.25, 0.3) is 0 Å². The van der Waals surface area contributed by atoms with Gasteiger partial charge in [0.2, 0.25) is 0 Å². The van der Waals surface area contributed by atoms with Crippen molar-refractivity contribution in [1.29, 1.82) is 0 Å². The summed E-state index contributed by atoms with van der Waals surface area (Å²) in [5, 5.41) is 5.04. The quantitative estimate of drug-likeness (QED) is 0.222. The molecule has 0 atom stereocenters. The third-order valence-corrected chi connectivity index (χ3v) is 8.23. The van der Waals surface area contributed by atoms with E-state index in [-0.39, 0.29) is 0 Å². The van der Waals surface area contributed by atoms with Crippen LogP contribution < -0.4 is 0 Å². The number of thiophene rings is 1. The fourth-order valence-electron chi connectivity index (χ4n) is 5.36. The van der Waals surface area contributed by atoms with Gasteiger partial charge in [0, 0.05) is 42.6 Å². The first-order valence-corrected chi connectivity index (χ1v) is 13.7. The minimum absolute atomic E-state index is 0.718. The van der Waals surface area contributed by atoms with Gasteiger partial charge in [-0.2, -0.15) is 0 Å². The van der Waals surface area contributed by atoms with E-state index < -0.39 is 0 Å². The van der Waals surface area contributed by atoms with Crippen molar-refractivity contribution in [3.8, 4) is 17.2 Å². The van der Waals surface area contributed by atoms with Gasteiger partial charge >= 0.3 is 0 Å². The number of nitrogens with zero attached hydrogens (tertiary/aromatic N) is 3. The van der Waals surface area contributed by atoms with Crippen molar-refractivity contribution in [2.75, 3.05) is 0 Å². The minimum atomic E-state index is 0.718. The summed E-state index contributed by atoms with van der Waals surface area (Å²) in [5.41, 5.74) is 5.27. The Morgan fingerprint density at radius 2 is 1.45 bits per heavy atom. The molecule has 3 heterocycles. The highest BCUT2D eigenvalue weighted by Gasteiger charge is 2.18. The molecule has 0 bridgehead atoms. The molecular formula is C34H25N3S. The third-order valence-electron chi connectivity index (χ3n) is 7.10. The zero-order valence-electron chi connectivity index (χ0n) is 21.2. The molecule has 0 unspecified atom stereocenters. The second kappa shape index (κ2) is 9.09. The normalized spacial score (nSPS) is 12.5. The van der Waals surface area contributed by atoms with Gasteiger partial charge in [-0.15, -0.1) is 11.3 Å². The van der Waals surface area contributed by atoms with Crippen molar-refractivity contribution in [1.82, 2.24) is 14.5 Å². The molecule has 0 saturated carbocycles. The van der Waals surface area contributed by atoms with E-state index in [1.54, 1.807) is 0 Å². The molecule has 3 nitrogen and oxygen atoms in total. The van der Waals surface area contributed by atoms with Crippen LogP contribution in [-0.2, 0) is 0 Å². The van der Waals surface area contributed by atoms with Crippen molar-refractivity contribution in [3.05, 3.63) is 121 Å². The Balaban J connectivity index is 1.60. The summed E-state index contributed by atoms with van der Waals surface area (Å²) in [5.74, 6) is 1.58. The molecule has 7 rings (SSSR count). The molecule has 4 aromatic carbocycles. The molecule has 4 heteroatoms. The molecule has 38 heavy (non-hydrogen) atoms. The predicted octanol–water partition coefficient (Wildman–Crippen LogP) is 9.59. The molecule has 0 spiro atoms. The largest absolute Gasteiger partial charge is 0.294 e. The van der Waals surface area contributed by atoms with E-state index in [1.165, 1.54) is 30.9 Å². The van der Waals surface area contributed by atoms with Crippen LogP contribution in [0.5, 0.6) is 0 Å². The lowest BCUT2D eigenvalue weighted by atomic mass is 10.1. The number of hydrogen-bond donors (Lipinski definition) is 0. The summed E-state index contributed by atoms with van der Waals surface area (Å²) >= 11 is 1.85. The monoisotopic (exact) mass is 507 g/mol. The van der Waals surface area contributed by atoms with E-state index in [0.717, 1.165) is 39.5 Å². The first-order valence-electron chi connectivity index (χ1n) is 12.8. The average molecular weight is 508 g/mol. The van der Waals surface area contributed by atoms with Crippen molar-refractivity contribution < 1.29 is 0 Å². The molecule has 0 saturated heterocycles. The Hall–Kier alpha value is -4.54. The van der Waals surface area contributed by atoms with E-state index in [0.29, 0.717) is 0 Å². The van der Waals surface area contributed by atoms with Crippen molar-refractivity contribution in [2.24, 2.45) is 0 Å². The third kappa shape index (κ3) is 3.57. The lowest BCUT2D eigenvalue weighted by Crippen LogP contribution is -2.03. The van der Waals surface area contributed by atoms with E-state index in [9.17, 15) is 0 Å². The number of benzene rings is 4. The molecule has 0 aliphatic heterocycles. The fraction of sp³-hybridized carbons (Fsp3) is 0.0588. The van der Waals surface area contributed by atoms with Crippen LogP contribution in [0.25, 0.3) is 64.8 Å². The molecule has 182 valence electrons. The molecule has 0 fully saturated rings. The molecular weight excluding hydrogens is 482 g/mol. The van der Waals surface area contributed by atoms with Crippen LogP contribution in [0.4, 0.5) is 0 Å². The molecule has 0 amide bonds. The topological polar surface area (TPSA) is 30.7 Å². The van der Waals surface area contributed by atoms with E-state index >= 15 is 0 Å². The molecule has 3 aromatic heterocycles. The highest BCUT2D eigenvalue weighted by Crippen LogP contribution is 2.40. The van der Waals surface area contributed by atoms with Gasteiger partial charge < -0.3 is 0 Å². The van der Waals surface area contributed by atoms with Crippen LogP contribution in [0.3, 0.4) is 0 Å². The zero-order chi connectivity index (χ0) is 25.6. The highest BCUT2D eigenvalue weighted by molar-refractivity contribution is 7.25. The van der Waals surface area contributed by atoms with Crippen LogP contribution in [0, 0.1) is 0 Å². The summed E-state index contributed by atoms with van der Waals surface area (Å²) in [6, 6.07) is 34.3. The van der Waals surface area contributed by atoms with Gasteiger partial charge in [0.05, 0.1) is 16.7 Å². The number of rotatable bonds is 4.